The number of carboxylic acid groups (broad SMARTS) is 1. The van der Waals surface area contributed by atoms with E-state index >= 15 is 0 Å². The molecule has 1 fully saturated rings. The largest absolute Gasteiger partial charge is 0.480 e. The number of anilines is 1. The van der Waals surface area contributed by atoms with Crippen molar-refractivity contribution in [3.63, 3.8) is 0 Å². The summed E-state index contributed by atoms with van der Waals surface area (Å²) in [4.78, 5) is 33.0. The lowest BCUT2D eigenvalue weighted by molar-refractivity contribution is -0.384. The Kier molecular flexibility index (Phi) is 5.15. The van der Waals surface area contributed by atoms with Crippen molar-refractivity contribution in [3.8, 4) is 0 Å². The number of nitrogens with one attached hydrogen (secondary N) is 2. The van der Waals surface area contributed by atoms with Gasteiger partial charge in [-0.2, -0.15) is 0 Å². The fraction of sp³-hybridized carbons (Fsp3) is 0.467. The van der Waals surface area contributed by atoms with Crippen molar-refractivity contribution in [1.29, 1.82) is 0 Å². The Bertz CT molecular complexity index is 596. The molecule has 0 atom stereocenters. The number of nitrogens with zero attached hydrogens (tertiary/aromatic N) is 1. The molecule has 23 heavy (non-hydrogen) atoms. The molecule has 0 unspecified atom stereocenters. The standard InChI is InChI=1S/C15H19N3O5/c19-13(17-15(14(20)21)8-2-9-15)3-1-10-16-11-4-6-12(7-5-11)18(22)23/h4-7,16H,1-3,8-10H2,(H,17,19)(H,20,21). The number of hydrogen-bond donors (Lipinski definition) is 3. The van der Waals surface area contributed by atoms with Crippen LogP contribution in [0, 0.1) is 10.1 Å². The molecule has 0 radical (unpaired) electrons. The fourth-order valence-electron chi connectivity index (χ4n) is 2.43. The van der Waals surface area contributed by atoms with Crippen LogP contribution in [-0.4, -0.2) is 34.0 Å². The van der Waals surface area contributed by atoms with Crippen LogP contribution in [0.15, 0.2) is 24.3 Å². The summed E-state index contributed by atoms with van der Waals surface area (Å²) in [7, 11) is 0. The van der Waals surface area contributed by atoms with Crippen LogP contribution in [0.4, 0.5) is 11.4 Å². The van der Waals surface area contributed by atoms with E-state index in [1.54, 1.807) is 12.1 Å². The number of aliphatic carboxylic acids is 1. The molecule has 0 heterocycles. The zero-order chi connectivity index (χ0) is 16.9. The number of nitro groups is 1. The third kappa shape index (κ3) is 4.18. The number of benzene rings is 1. The summed E-state index contributed by atoms with van der Waals surface area (Å²) in [5.41, 5.74) is -0.311. The minimum Gasteiger partial charge on any atom is -0.480 e. The van der Waals surface area contributed by atoms with Crippen molar-refractivity contribution >= 4 is 23.3 Å². The van der Waals surface area contributed by atoms with Gasteiger partial charge in [-0.3, -0.25) is 14.9 Å². The van der Waals surface area contributed by atoms with Crippen molar-refractivity contribution in [2.45, 2.75) is 37.6 Å². The van der Waals surface area contributed by atoms with Crippen molar-refractivity contribution in [2.75, 3.05) is 11.9 Å². The van der Waals surface area contributed by atoms with Gasteiger partial charge in [0.25, 0.3) is 5.69 Å². The predicted molar refractivity (Wildman–Crippen MR) is 83.2 cm³/mol. The molecule has 1 aliphatic rings. The molecule has 8 heteroatoms. The Morgan fingerprint density at radius 3 is 2.39 bits per heavy atom. The molecule has 0 bridgehead atoms. The Balaban J connectivity index is 1.69. The van der Waals surface area contributed by atoms with Gasteiger partial charge in [0, 0.05) is 30.8 Å². The molecule has 0 aliphatic heterocycles. The predicted octanol–water partition coefficient (Wildman–Crippen LogP) is 1.91. The summed E-state index contributed by atoms with van der Waals surface area (Å²) < 4.78 is 0. The van der Waals surface area contributed by atoms with Crippen LogP contribution in [0.5, 0.6) is 0 Å². The zero-order valence-corrected chi connectivity index (χ0v) is 12.6. The number of amides is 1. The quantitative estimate of drug-likeness (QED) is 0.382. The summed E-state index contributed by atoms with van der Waals surface area (Å²) in [5.74, 6) is -1.24. The number of nitro benzene ring substituents is 1. The maximum absolute atomic E-state index is 11.8. The Morgan fingerprint density at radius 2 is 1.91 bits per heavy atom. The van der Waals surface area contributed by atoms with Crippen LogP contribution in [0.3, 0.4) is 0 Å². The summed E-state index contributed by atoms with van der Waals surface area (Å²) in [5, 5.41) is 25.3. The SMILES string of the molecule is O=C(CCCNc1ccc([N+](=O)[O-])cc1)NC1(C(=O)O)CCC1. The van der Waals surface area contributed by atoms with Gasteiger partial charge < -0.3 is 15.7 Å². The molecule has 124 valence electrons. The van der Waals surface area contributed by atoms with Crippen LogP contribution >= 0.6 is 0 Å². The van der Waals surface area contributed by atoms with Crippen LogP contribution in [-0.2, 0) is 9.59 Å². The van der Waals surface area contributed by atoms with E-state index in [0.717, 1.165) is 12.1 Å². The van der Waals surface area contributed by atoms with E-state index < -0.39 is 16.4 Å². The molecule has 8 nitrogen and oxygen atoms in total. The zero-order valence-electron chi connectivity index (χ0n) is 12.6. The molecule has 0 spiro atoms. The van der Waals surface area contributed by atoms with Crippen molar-refractivity contribution in [3.05, 3.63) is 34.4 Å². The van der Waals surface area contributed by atoms with E-state index in [1.807, 2.05) is 0 Å². The lowest BCUT2D eigenvalue weighted by Gasteiger charge is -2.38. The normalized spacial score (nSPS) is 15.3. The Hall–Kier alpha value is -2.64. The molecular formula is C15H19N3O5. The number of carbonyl (C=O) groups is 2. The third-order valence-corrected chi connectivity index (χ3v) is 3.98. The monoisotopic (exact) mass is 321 g/mol. The number of carbonyl (C=O) groups excluding carboxylic acids is 1. The molecule has 3 N–H and O–H groups in total. The summed E-state index contributed by atoms with van der Waals surface area (Å²) in [6.45, 7) is 0.519. The molecule has 0 saturated heterocycles. The van der Waals surface area contributed by atoms with E-state index in [1.165, 1.54) is 12.1 Å². The van der Waals surface area contributed by atoms with Gasteiger partial charge >= 0.3 is 5.97 Å². The first-order valence-corrected chi connectivity index (χ1v) is 7.46. The summed E-state index contributed by atoms with van der Waals surface area (Å²) in [6, 6.07) is 6.02. The van der Waals surface area contributed by atoms with Crippen LogP contribution in [0.25, 0.3) is 0 Å². The van der Waals surface area contributed by atoms with Crippen LogP contribution in [0.2, 0.25) is 0 Å². The number of hydrogen-bond acceptors (Lipinski definition) is 5. The van der Waals surface area contributed by atoms with Gasteiger partial charge in [-0.25, -0.2) is 4.79 Å². The molecule has 1 saturated carbocycles. The number of non-ortho nitro benzene ring substituents is 1. The van der Waals surface area contributed by atoms with Crippen LogP contribution < -0.4 is 10.6 Å². The first-order chi connectivity index (χ1) is 10.9. The smallest absolute Gasteiger partial charge is 0.329 e. The highest BCUT2D eigenvalue weighted by atomic mass is 16.6. The van der Waals surface area contributed by atoms with E-state index in [2.05, 4.69) is 10.6 Å². The lowest BCUT2D eigenvalue weighted by Crippen LogP contribution is -2.59. The summed E-state index contributed by atoms with van der Waals surface area (Å²) in [6.07, 6.45) is 2.55. The van der Waals surface area contributed by atoms with Crippen molar-refractivity contribution < 1.29 is 19.6 Å². The topological polar surface area (TPSA) is 122 Å². The van der Waals surface area contributed by atoms with E-state index in [0.29, 0.717) is 25.8 Å². The second-order valence-electron chi connectivity index (χ2n) is 5.62. The highest BCUT2D eigenvalue weighted by Crippen LogP contribution is 2.32. The molecular weight excluding hydrogens is 302 g/mol. The minimum atomic E-state index is -1.07. The van der Waals surface area contributed by atoms with Gasteiger partial charge in [0.2, 0.25) is 5.91 Å². The fourth-order valence-corrected chi connectivity index (χ4v) is 2.43. The molecule has 1 aromatic carbocycles. The lowest BCUT2D eigenvalue weighted by atomic mass is 9.76. The van der Waals surface area contributed by atoms with Gasteiger partial charge in [0.1, 0.15) is 5.54 Å². The Labute approximate surface area is 133 Å². The average Bonchev–Trinajstić information content (AvgIpc) is 2.47. The molecule has 2 rings (SSSR count). The van der Waals surface area contributed by atoms with Crippen LogP contribution in [0.1, 0.15) is 32.1 Å². The summed E-state index contributed by atoms with van der Waals surface area (Å²) >= 11 is 0. The number of carboxylic acids is 1. The van der Waals surface area contributed by atoms with Crippen molar-refractivity contribution in [2.24, 2.45) is 0 Å². The third-order valence-electron chi connectivity index (χ3n) is 3.98. The van der Waals surface area contributed by atoms with E-state index in [4.69, 9.17) is 5.11 Å². The Morgan fingerprint density at radius 1 is 1.26 bits per heavy atom. The molecule has 1 aliphatic carbocycles. The minimum absolute atomic E-state index is 0.0226. The van der Waals surface area contributed by atoms with Gasteiger partial charge in [0.05, 0.1) is 4.92 Å². The van der Waals surface area contributed by atoms with Crippen molar-refractivity contribution in [1.82, 2.24) is 5.32 Å². The second-order valence-corrected chi connectivity index (χ2v) is 5.62. The first kappa shape index (κ1) is 16.7. The molecule has 1 amide bonds. The van der Waals surface area contributed by atoms with Gasteiger partial charge in [-0.05, 0) is 37.8 Å². The highest BCUT2D eigenvalue weighted by Gasteiger charge is 2.45. The molecule has 0 aromatic heterocycles. The highest BCUT2D eigenvalue weighted by molar-refractivity contribution is 5.87. The van der Waals surface area contributed by atoms with Gasteiger partial charge in [-0.1, -0.05) is 0 Å². The maximum Gasteiger partial charge on any atom is 0.329 e. The number of rotatable bonds is 8. The average molecular weight is 321 g/mol. The maximum atomic E-state index is 11.8. The molecule has 1 aromatic rings. The second kappa shape index (κ2) is 7.08. The van der Waals surface area contributed by atoms with E-state index in [-0.39, 0.29) is 18.0 Å². The van der Waals surface area contributed by atoms with Gasteiger partial charge in [-0.15, -0.1) is 0 Å². The van der Waals surface area contributed by atoms with E-state index in [9.17, 15) is 19.7 Å². The first-order valence-electron chi connectivity index (χ1n) is 7.46. The van der Waals surface area contributed by atoms with Gasteiger partial charge in [0.15, 0.2) is 0 Å².